The summed E-state index contributed by atoms with van der Waals surface area (Å²) in [6.07, 6.45) is 9.45. The molecule has 2 aliphatic rings. The lowest BCUT2D eigenvalue weighted by Gasteiger charge is -2.24. The highest BCUT2D eigenvalue weighted by atomic mass is 32.2. The van der Waals surface area contributed by atoms with Crippen LogP contribution in [0.3, 0.4) is 0 Å². The Labute approximate surface area is 157 Å². The van der Waals surface area contributed by atoms with Gasteiger partial charge in [-0.1, -0.05) is 38.2 Å². The van der Waals surface area contributed by atoms with Crippen molar-refractivity contribution in [3.63, 3.8) is 0 Å². The van der Waals surface area contributed by atoms with E-state index in [1.165, 1.54) is 6.42 Å². The van der Waals surface area contributed by atoms with E-state index in [-0.39, 0.29) is 16.8 Å². The lowest BCUT2D eigenvalue weighted by molar-refractivity contribution is 0.0760. The molecule has 3 rings (SSSR count). The number of benzene rings is 1. The van der Waals surface area contributed by atoms with Gasteiger partial charge in [0.1, 0.15) is 0 Å². The fourth-order valence-corrected chi connectivity index (χ4v) is 5.28. The summed E-state index contributed by atoms with van der Waals surface area (Å²) in [6, 6.07) is 4.94. The van der Waals surface area contributed by atoms with Crippen LogP contribution in [0.15, 0.2) is 23.1 Å². The number of sulfonamides is 1. The molecule has 144 valence electrons. The van der Waals surface area contributed by atoms with Crippen molar-refractivity contribution < 1.29 is 13.2 Å². The zero-order valence-corrected chi connectivity index (χ0v) is 16.5. The highest BCUT2D eigenvalue weighted by Gasteiger charge is 2.25. The molecule has 1 heterocycles. The van der Waals surface area contributed by atoms with Crippen LogP contribution >= 0.6 is 0 Å². The monoisotopic (exact) mass is 378 g/mol. The number of carbonyl (C=O) groups is 1. The fourth-order valence-electron chi connectivity index (χ4n) is 3.95. The molecule has 1 aromatic carbocycles. The Kier molecular flexibility index (Phi) is 6.35. The highest BCUT2D eigenvalue weighted by molar-refractivity contribution is 7.89. The van der Waals surface area contributed by atoms with Crippen molar-refractivity contribution in [3.8, 4) is 0 Å². The third kappa shape index (κ3) is 4.65. The van der Waals surface area contributed by atoms with Gasteiger partial charge < -0.3 is 4.90 Å². The van der Waals surface area contributed by atoms with Crippen molar-refractivity contribution in [1.29, 1.82) is 0 Å². The van der Waals surface area contributed by atoms with E-state index in [1.54, 1.807) is 18.2 Å². The summed E-state index contributed by atoms with van der Waals surface area (Å²) >= 11 is 0. The zero-order valence-electron chi connectivity index (χ0n) is 15.7. The number of nitrogens with one attached hydrogen (secondary N) is 1. The molecule has 1 N–H and O–H groups in total. The Morgan fingerprint density at radius 2 is 1.62 bits per heavy atom. The Morgan fingerprint density at radius 3 is 2.27 bits per heavy atom. The van der Waals surface area contributed by atoms with Gasteiger partial charge in [0, 0.05) is 24.7 Å². The molecular formula is C20H30N2O3S. The van der Waals surface area contributed by atoms with E-state index in [0.717, 1.165) is 70.0 Å². The molecule has 5 nitrogen and oxygen atoms in total. The molecule has 0 spiro atoms. The van der Waals surface area contributed by atoms with Crippen LogP contribution in [0.2, 0.25) is 0 Å². The average molecular weight is 379 g/mol. The summed E-state index contributed by atoms with van der Waals surface area (Å²) in [7, 11) is -3.59. The SMILES string of the molecule is Cc1ccc(S(=O)(=O)NC2CCCCC2)cc1C(=O)N1CCCCCC1. The van der Waals surface area contributed by atoms with E-state index in [2.05, 4.69) is 4.72 Å². The number of rotatable bonds is 4. The van der Waals surface area contributed by atoms with E-state index in [4.69, 9.17) is 0 Å². The minimum Gasteiger partial charge on any atom is -0.339 e. The van der Waals surface area contributed by atoms with Crippen molar-refractivity contribution in [2.75, 3.05) is 13.1 Å². The van der Waals surface area contributed by atoms with Crippen LogP contribution in [0, 0.1) is 6.92 Å². The highest BCUT2D eigenvalue weighted by Crippen LogP contribution is 2.22. The second kappa shape index (κ2) is 8.53. The van der Waals surface area contributed by atoms with Crippen molar-refractivity contribution in [1.82, 2.24) is 9.62 Å². The zero-order chi connectivity index (χ0) is 18.6. The van der Waals surface area contributed by atoms with Crippen LogP contribution in [0.4, 0.5) is 0 Å². The summed E-state index contributed by atoms with van der Waals surface area (Å²) in [6.45, 7) is 3.39. The maximum Gasteiger partial charge on any atom is 0.254 e. The molecule has 0 aromatic heterocycles. The minimum absolute atomic E-state index is 0.0137. The number of aryl methyl sites for hydroxylation is 1. The van der Waals surface area contributed by atoms with E-state index in [1.807, 2.05) is 11.8 Å². The predicted octanol–water partition coefficient (Wildman–Crippen LogP) is 3.62. The van der Waals surface area contributed by atoms with Gasteiger partial charge in [0.25, 0.3) is 5.91 Å². The first kappa shape index (κ1) is 19.4. The maximum atomic E-state index is 13.0. The van der Waals surface area contributed by atoms with Gasteiger partial charge in [0.2, 0.25) is 10.0 Å². The number of carbonyl (C=O) groups excluding carboxylic acids is 1. The van der Waals surface area contributed by atoms with Gasteiger partial charge in [0.15, 0.2) is 0 Å². The third-order valence-electron chi connectivity index (χ3n) is 5.57. The van der Waals surface area contributed by atoms with Gasteiger partial charge in [-0.3, -0.25) is 4.79 Å². The van der Waals surface area contributed by atoms with E-state index in [9.17, 15) is 13.2 Å². The van der Waals surface area contributed by atoms with Crippen molar-refractivity contribution >= 4 is 15.9 Å². The van der Waals surface area contributed by atoms with Gasteiger partial charge in [0.05, 0.1) is 4.90 Å². The summed E-state index contributed by atoms with van der Waals surface area (Å²) < 4.78 is 28.4. The molecule has 1 aliphatic heterocycles. The van der Waals surface area contributed by atoms with Gasteiger partial charge in [-0.15, -0.1) is 0 Å². The first-order valence-corrected chi connectivity index (χ1v) is 11.4. The third-order valence-corrected chi connectivity index (χ3v) is 7.09. The Hall–Kier alpha value is -1.40. The molecule has 2 fully saturated rings. The number of hydrogen-bond donors (Lipinski definition) is 1. The van der Waals surface area contributed by atoms with Crippen LogP contribution < -0.4 is 4.72 Å². The predicted molar refractivity (Wildman–Crippen MR) is 103 cm³/mol. The Balaban J connectivity index is 1.80. The second-order valence-corrected chi connectivity index (χ2v) is 9.35. The lowest BCUT2D eigenvalue weighted by atomic mass is 9.96. The molecule has 0 atom stereocenters. The summed E-state index contributed by atoms with van der Waals surface area (Å²) in [5.41, 5.74) is 1.34. The normalized spacial score (nSPS) is 20.0. The molecule has 0 bridgehead atoms. The minimum atomic E-state index is -3.59. The molecule has 26 heavy (non-hydrogen) atoms. The van der Waals surface area contributed by atoms with Crippen LogP contribution in [0.25, 0.3) is 0 Å². The van der Waals surface area contributed by atoms with Crippen LogP contribution in [-0.2, 0) is 10.0 Å². The van der Waals surface area contributed by atoms with Crippen molar-refractivity contribution in [2.45, 2.75) is 75.6 Å². The topological polar surface area (TPSA) is 66.5 Å². The van der Waals surface area contributed by atoms with Gasteiger partial charge in [-0.2, -0.15) is 0 Å². The van der Waals surface area contributed by atoms with Gasteiger partial charge >= 0.3 is 0 Å². The van der Waals surface area contributed by atoms with Gasteiger partial charge in [-0.05, 0) is 50.3 Å². The fraction of sp³-hybridized carbons (Fsp3) is 0.650. The number of nitrogens with zero attached hydrogens (tertiary/aromatic N) is 1. The number of hydrogen-bond acceptors (Lipinski definition) is 3. The lowest BCUT2D eigenvalue weighted by Crippen LogP contribution is -2.36. The summed E-state index contributed by atoms with van der Waals surface area (Å²) in [5.74, 6) is -0.0425. The van der Waals surface area contributed by atoms with Crippen LogP contribution in [-0.4, -0.2) is 38.4 Å². The number of likely N-dealkylation sites (tertiary alicyclic amines) is 1. The molecule has 0 unspecified atom stereocenters. The largest absolute Gasteiger partial charge is 0.339 e. The molecule has 1 amide bonds. The van der Waals surface area contributed by atoms with E-state index >= 15 is 0 Å². The molecule has 0 radical (unpaired) electrons. The molecule has 1 saturated heterocycles. The van der Waals surface area contributed by atoms with Crippen LogP contribution in [0.1, 0.15) is 73.7 Å². The molecule has 1 aliphatic carbocycles. The average Bonchev–Trinajstić information content (AvgIpc) is 2.91. The smallest absolute Gasteiger partial charge is 0.254 e. The first-order chi connectivity index (χ1) is 12.5. The summed E-state index contributed by atoms with van der Waals surface area (Å²) in [5, 5.41) is 0. The molecule has 1 saturated carbocycles. The standard InChI is InChI=1S/C20H30N2O3S/c1-16-11-12-18(26(24,25)21-17-9-5-4-6-10-17)15-19(16)20(23)22-13-7-2-3-8-14-22/h11-12,15,17,21H,2-10,13-14H2,1H3. The quantitative estimate of drug-likeness (QED) is 0.870. The van der Waals surface area contributed by atoms with Gasteiger partial charge in [-0.25, -0.2) is 13.1 Å². The summed E-state index contributed by atoms with van der Waals surface area (Å²) in [4.78, 5) is 15.0. The van der Waals surface area contributed by atoms with E-state index in [0.29, 0.717) is 5.56 Å². The van der Waals surface area contributed by atoms with Crippen molar-refractivity contribution in [3.05, 3.63) is 29.3 Å². The first-order valence-electron chi connectivity index (χ1n) is 9.89. The van der Waals surface area contributed by atoms with E-state index < -0.39 is 10.0 Å². The Bertz CT molecular complexity index is 731. The molecular weight excluding hydrogens is 348 g/mol. The number of amides is 1. The second-order valence-electron chi connectivity index (χ2n) is 7.64. The molecule has 6 heteroatoms. The van der Waals surface area contributed by atoms with Crippen LogP contribution in [0.5, 0.6) is 0 Å². The maximum absolute atomic E-state index is 13.0. The van der Waals surface area contributed by atoms with Crippen molar-refractivity contribution in [2.24, 2.45) is 0 Å². The molecule has 1 aromatic rings. The Morgan fingerprint density at radius 1 is 1.00 bits per heavy atom.